The molecular formula is C9H12BrFN2. The zero-order valence-electron chi connectivity index (χ0n) is 7.13. The van der Waals surface area contributed by atoms with Gasteiger partial charge in [0, 0.05) is 16.1 Å². The van der Waals surface area contributed by atoms with Crippen LogP contribution in [0.2, 0.25) is 0 Å². The van der Waals surface area contributed by atoms with Gasteiger partial charge in [-0.25, -0.2) is 4.39 Å². The molecule has 0 fully saturated rings. The van der Waals surface area contributed by atoms with Gasteiger partial charge < -0.3 is 11.5 Å². The first-order valence-corrected chi connectivity index (χ1v) is 4.85. The molecule has 4 heteroatoms. The first-order valence-electron chi connectivity index (χ1n) is 4.06. The second-order valence-corrected chi connectivity index (χ2v) is 3.67. The summed E-state index contributed by atoms with van der Waals surface area (Å²) in [5.74, 6) is -0.282. The molecule has 1 aromatic carbocycles. The Bertz CT molecular complexity index is 271. The number of benzene rings is 1. The van der Waals surface area contributed by atoms with Crippen LogP contribution in [0.3, 0.4) is 0 Å². The van der Waals surface area contributed by atoms with E-state index in [1.807, 2.05) is 0 Å². The zero-order valence-corrected chi connectivity index (χ0v) is 8.72. The van der Waals surface area contributed by atoms with Crippen molar-refractivity contribution in [3.8, 4) is 0 Å². The minimum atomic E-state index is -0.333. The van der Waals surface area contributed by atoms with Gasteiger partial charge in [0.05, 0.1) is 0 Å². The van der Waals surface area contributed by atoms with Gasteiger partial charge in [-0.3, -0.25) is 0 Å². The van der Waals surface area contributed by atoms with Crippen LogP contribution in [0.1, 0.15) is 18.0 Å². The average molecular weight is 247 g/mol. The van der Waals surface area contributed by atoms with Crippen LogP contribution in [-0.4, -0.2) is 6.54 Å². The van der Waals surface area contributed by atoms with Gasteiger partial charge in [-0.15, -0.1) is 0 Å². The standard InChI is InChI=1S/C9H12BrFN2/c10-6-2-1-3-7(11)9(6)8(13)4-5-12/h1-3,8H,4-5,12-13H2/t8-/m1/s1. The molecule has 1 rings (SSSR count). The van der Waals surface area contributed by atoms with Crippen molar-refractivity contribution < 1.29 is 4.39 Å². The smallest absolute Gasteiger partial charge is 0.129 e. The summed E-state index contributed by atoms with van der Waals surface area (Å²) in [6.07, 6.45) is 0.583. The van der Waals surface area contributed by atoms with Crippen molar-refractivity contribution in [2.75, 3.05) is 6.54 Å². The Kier molecular flexibility index (Phi) is 3.84. The lowest BCUT2D eigenvalue weighted by atomic mass is 10.0. The van der Waals surface area contributed by atoms with Crippen molar-refractivity contribution in [2.45, 2.75) is 12.5 Å². The van der Waals surface area contributed by atoms with E-state index in [9.17, 15) is 4.39 Å². The predicted octanol–water partition coefficient (Wildman–Crippen LogP) is 1.94. The summed E-state index contributed by atoms with van der Waals surface area (Å²) in [7, 11) is 0. The van der Waals surface area contributed by atoms with Gasteiger partial charge in [0.25, 0.3) is 0 Å². The SMILES string of the molecule is NCC[C@@H](N)c1c(F)cccc1Br. The molecule has 1 aromatic rings. The van der Waals surface area contributed by atoms with Crippen LogP contribution >= 0.6 is 15.9 Å². The van der Waals surface area contributed by atoms with Crippen molar-refractivity contribution in [1.82, 2.24) is 0 Å². The number of hydrogen-bond donors (Lipinski definition) is 2. The number of halogens is 2. The summed E-state index contributed by atoms with van der Waals surface area (Å²) >= 11 is 3.26. The van der Waals surface area contributed by atoms with Gasteiger partial charge >= 0.3 is 0 Å². The second-order valence-electron chi connectivity index (χ2n) is 2.82. The monoisotopic (exact) mass is 246 g/mol. The van der Waals surface area contributed by atoms with Crippen LogP contribution in [-0.2, 0) is 0 Å². The maximum absolute atomic E-state index is 13.3. The quantitative estimate of drug-likeness (QED) is 0.857. The third-order valence-electron chi connectivity index (χ3n) is 1.85. The van der Waals surface area contributed by atoms with E-state index in [1.165, 1.54) is 6.07 Å². The fraction of sp³-hybridized carbons (Fsp3) is 0.333. The lowest BCUT2D eigenvalue weighted by Gasteiger charge is -2.13. The Morgan fingerprint density at radius 1 is 1.46 bits per heavy atom. The highest BCUT2D eigenvalue weighted by Crippen LogP contribution is 2.26. The molecule has 72 valence electrons. The summed E-state index contributed by atoms with van der Waals surface area (Å²) in [6.45, 7) is 0.460. The lowest BCUT2D eigenvalue weighted by molar-refractivity contribution is 0.565. The highest BCUT2D eigenvalue weighted by Gasteiger charge is 2.13. The highest BCUT2D eigenvalue weighted by molar-refractivity contribution is 9.10. The van der Waals surface area contributed by atoms with Crippen LogP contribution in [0.4, 0.5) is 4.39 Å². The molecule has 0 bridgehead atoms. The Balaban J connectivity index is 2.98. The third kappa shape index (κ3) is 2.49. The molecule has 1 atom stereocenters. The summed E-state index contributed by atoms with van der Waals surface area (Å²) in [5.41, 5.74) is 11.6. The fourth-order valence-electron chi connectivity index (χ4n) is 1.19. The predicted molar refractivity (Wildman–Crippen MR) is 54.7 cm³/mol. The van der Waals surface area contributed by atoms with E-state index in [0.29, 0.717) is 23.0 Å². The van der Waals surface area contributed by atoms with Gasteiger partial charge in [-0.1, -0.05) is 22.0 Å². The molecule has 0 unspecified atom stereocenters. The molecule has 4 N–H and O–H groups in total. The summed E-state index contributed by atoms with van der Waals surface area (Å²) < 4.78 is 14.0. The van der Waals surface area contributed by atoms with E-state index in [-0.39, 0.29) is 11.9 Å². The lowest BCUT2D eigenvalue weighted by Crippen LogP contribution is -2.17. The third-order valence-corrected chi connectivity index (χ3v) is 2.54. The molecule has 0 radical (unpaired) electrons. The Hall–Kier alpha value is -0.450. The van der Waals surface area contributed by atoms with Crippen LogP contribution in [0.25, 0.3) is 0 Å². The van der Waals surface area contributed by atoms with E-state index in [2.05, 4.69) is 15.9 Å². The maximum atomic E-state index is 13.3. The Morgan fingerprint density at radius 2 is 2.15 bits per heavy atom. The molecule has 0 spiro atoms. The normalized spacial score (nSPS) is 12.9. The van der Waals surface area contributed by atoms with Crippen LogP contribution in [0.5, 0.6) is 0 Å². The Labute approximate surface area is 85.2 Å². The number of nitrogens with two attached hydrogens (primary N) is 2. The van der Waals surface area contributed by atoms with Gasteiger partial charge in [-0.2, -0.15) is 0 Å². The van der Waals surface area contributed by atoms with Crippen molar-refractivity contribution in [3.05, 3.63) is 34.1 Å². The molecule has 0 saturated heterocycles. The average Bonchev–Trinajstić information content (AvgIpc) is 2.04. The van der Waals surface area contributed by atoms with Crippen LogP contribution in [0, 0.1) is 5.82 Å². The van der Waals surface area contributed by atoms with Gasteiger partial charge in [-0.05, 0) is 25.1 Å². The second kappa shape index (κ2) is 4.69. The van der Waals surface area contributed by atoms with E-state index >= 15 is 0 Å². The fourth-order valence-corrected chi connectivity index (χ4v) is 1.82. The number of rotatable bonds is 3. The molecule has 0 saturated carbocycles. The molecule has 2 nitrogen and oxygen atoms in total. The summed E-state index contributed by atoms with van der Waals surface area (Å²) in [5, 5.41) is 0. The van der Waals surface area contributed by atoms with E-state index in [4.69, 9.17) is 11.5 Å². The molecule has 0 amide bonds. The molecule has 13 heavy (non-hydrogen) atoms. The summed E-state index contributed by atoms with van der Waals surface area (Å²) in [4.78, 5) is 0. The van der Waals surface area contributed by atoms with Crippen molar-refractivity contribution in [2.24, 2.45) is 11.5 Å². The zero-order chi connectivity index (χ0) is 9.84. The van der Waals surface area contributed by atoms with Crippen LogP contribution in [0.15, 0.2) is 22.7 Å². The topological polar surface area (TPSA) is 52.0 Å². The molecule has 0 aliphatic heterocycles. The van der Waals surface area contributed by atoms with Gasteiger partial charge in [0.15, 0.2) is 0 Å². The largest absolute Gasteiger partial charge is 0.330 e. The highest BCUT2D eigenvalue weighted by atomic mass is 79.9. The minimum absolute atomic E-state index is 0.282. The van der Waals surface area contributed by atoms with E-state index in [0.717, 1.165) is 0 Å². The van der Waals surface area contributed by atoms with Gasteiger partial charge in [0.1, 0.15) is 5.82 Å². The van der Waals surface area contributed by atoms with E-state index < -0.39 is 0 Å². The van der Waals surface area contributed by atoms with Gasteiger partial charge in [0.2, 0.25) is 0 Å². The van der Waals surface area contributed by atoms with Crippen molar-refractivity contribution in [1.29, 1.82) is 0 Å². The first-order chi connectivity index (χ1) is 6.16. The van der Waals surface area contributed by atoms with Crippen molar-refractivity contribution in [3.63, 3.8) is 0 Å². The van der Waals surface area contributed by atoms with Crippen molar-refractivity contribution >= 4 is 15.9 Å². The minimum Gasteiger partial charge on any atom is -0.330 e. The molecular weight excluding hydrogens is 235 g/mol. The number of hydrogen-bond acceptors (Lipinski definition) is 2. The molecule has 0 aliphatic rings. The molecule has 0 aliphatic carbocycles. The van der Waals surface area contributed by atoms with E-state index in [1.54, 1.807) is 12.1 Å². The molecule has 0 heterocycles. The Morgan fingerprint density at radius 3 is 2.69 bits per heavy atom. The maximum Gasteiger partial charge on any atom is 0.129 e. The van der Waals surface area contributed by atoms with Crippen LogP contribution < -0.4 is 11.5 Å². The summed E-state index contributed by atoms with van der Waals surface area (Å²) in [6, 6.07) is 4.48. The molecule has 0 aromatic heterocycles. The first kappa shape index (κ1) is 10.6.